The number of aryl methyl sites for hydroxylation is 3. The number of hydrogen-bond acceptors (Lipinski definition) is 4. The van der Waals surface area contributed by atoms with Gasteiger partial charge in [-0.15, -0.1) is 11.3 Å². The molecule has 0 aliphatic rings. The molecule has 0 amide bonds. The Labute approximate surface area is 125 Å². The van der Waals surface area contributed by atoms with Crippen LogP contribution in [0.15, 0.2) is 18.2 Å². The van der Waals surface area contributed by atoms with E-state index in [9.17, 15) is 0 Å². The molecule has 0 aliphatic carbocycles. The Hall–Kier alpha value is -1.39. The van der Waals surface area contributed by atoms with Gasteiger partial charge in [0.15, 0.2) is 0 Å². The topological polar surface area (TPSA) is 34.1 Å². The van der Waals surface area contributed by atoms with Crippen molar-refractivity contribution in [1.82, 2.24) is 10.3 Å². The second-order valence-electron chi connectivity index (χ2n) is 4.87. The van der Waals surface area contributed by atoms with Crippen LogP contribution in [-0.4, -0.2) is 12.0 Å². The third-order valence-electron chi connectivity index (χ3n) is 3.24. The molecule has 0 saturated heterocycles. The molecule has 0 saturated carbocycles. The quantitative estimate of drug-likeness (QED) is 0.882. The summed E-state index contributed by atoms with van der Waals surface area (Å²) in [5.74, 6) is 0.982. The summed E-state index contributed by atoms with van der Waals surface area (Å²) < 4.78 is 5.97. The van der Waals surface area contributed by atoms with Gasteiger partial charge in [-0.25, -0.2) is 4.98 Å². The van der Waals surface area contributed by atoms with E-state index in [1.54, 1.807) is 11.3 Å². The number of aromatic nitrogens is 1. The Morgan fingerprint density at radius 1 is 1.25 bits per heavy atom. The predicted octanol–water partition coefficient (Wildman–Crippen LogP) is 3.62. The third-order valence-corrected chi connectivity index (χ3v) is 4.31. The first-order valence-electron chi connectivity index (χ1n) is 6.96. The molecule has 1 aromatic heterocycles. The van der Waals surface area contributed by atoms with Crippen LogP contribution in [0.2, 0.25) is 0 Å². The van der Waals surface area contributed by atoms with Crippen molar-refractivity contribution in [2.45, 2.75) is 40.3 Å². The Morgan fingerprint density at radius 3 is 2.55 bits per heavy atom. The number of nitrogens with zero attached hydrogens (tertiary/aromatic N) is 1. The second-order valence-corrected chi connectivity index (χ2v) is 6.04. The maximum absolute atomic E-state index is 5.97. The molecule has 0 radical (unpaired) electrons. The molecule has 0 aliphatic heterocycles. The summed E-state index contributed by atoms with van der Waals surface area (Å²) in [6.45, 7) is 7.73. The first-order valence-corrected chi connectivity index (χ1v) is 7.78. The summed E-state index contributed by atoms with van der Waals surface area (Å²) in [7, 11) is 1.96. The van der Waals surface area contributed by atoms with Crippen LogP contribution >= 0.6 is 11.3 Å². The lowest BCUT2D eigenvalue weighted by Gasteiger charge is -2.10. The molecule has 0 fully saturated rings. The van der Waals surface area contributed by atoms with Gasteiger partial charge in [-0.1, -0.05) is 25.1 Å². The van der Waals surface area contributed by atoms with Crippen LogP contribution in [0.1, 0.15) is 33.6 Å². The lowest BCUT2D eigenvalue weighted by atomic mass is 10.1. The smallest absolute Gasteiger partial charge is 0.140 e. The van der Waals surface area contributed by atoms with Crippen LogP contribution in [0.5, 0.6) is 5.75 Å². The average Bonchev–Trinajstić information content (AvgIpc) is 2.81. The van der Waals surface area contributed by atoms with Gasteiger partial charge in [0.25, 0.3) is 0 Å². The molecule has 2 aromatic rings. The lowest BCUT2D eigenvalue weighted by molar-refractivity contribution is 0.301. The number of para-hydroxylation sites is 1. The van der Waals surface area contributed by atoms with E-state index in [4.69, 9.17) is 4.74 Å². The van der Waals surface area contributed by atoms with Crippen molar-refractivity contribution >= 4 is 11.3 Å². The SMILES string of the molecule is CCc1nc(COc2c(C)cccc2C)sc1CNC. The van der Waals surface area contributed by atoms with Crippen molar-refractivity contribution in [3.8, 4) is 5.75 Å². The molecular formula is C16H22N2OS. The summed E-state index contributed by atoms with van der Waals surface area (Å²) in [5, 5.41) is 4.24. The van der Waals surface area contributed by atoms with Crippen molar-refractivity contribution in [2.75, 3.05) is 7.05 Å². The van der Waals surface area contributed by atoms with Crippen molar-refractivity contribution in [2.24, 2.45) is 0 Å². The van der Waals surface area contributed by atoms with Crippen molar-refractivity contribution < 1.29 is 4.74 Å². The van der Waals surface area contributed by atoms with E-state index < -0.39 is 0 Å². The molecule has 2 rings (SSSR count). The van der Waals surface area contributed by atoms with Crippen molar-refractivity contribution in [1.29, 1.82) is 0 Å². The Morgan fingerprint density at radius 2 is 1.95 bits per heavy atom. The highest BCUT2D eigenvalue weighted by atomic mass is 32.1. The van der Waals surface area contributed by atoms with Crippen molar-refractivity contribution in [3.63, 3.8) is 0 Å². The van der Waals surface area contributed by atoms with E-state index in [2.05, 4.69) is 49.3 Å². The summed E-state index contributed by atoms with van der Waals surface area (Å²) in [4.78, 5) is 5.99. The number of ether oxygens (including phenoxy) is 1. The van der Waals surface area contributed by atoms with Crippen LogP contribution in [-0.2, 0) is 19.6 Å². The van der Waals surface area contributed by atoms with Gasteiger partial charge >= 0.3 is 0 Å². The number of hydrogen-bond donors (Lipinski definition) is 1. The number of rotatable bonds is 6. The fourth-order valence-electron chi connectivity index (χ4n) is 2.23. The minimum absolute atomic E-state index is 0.549. The molecule has 3 nitrogen and oxygen atoms in total. The van der Waals surface area contributed by atoms with Crippen molar-refractivity contribution in [3.05, 3.63) is 44.9 Å². The standard InChI is InChI=1S/C16H22N2OS/c1-5-13-14(9-17-4)20-15(18-13)10-19-16-11(2)7-6-8-12(16)3/h6-8,17H,5,9-10H2,1-4H3. The van der Waals surface area contributed by atoms with Crippen LogP contribution < -0.4 is 10.1 Å². The van der Waals surface area contributed by atoms with Gasteiger partial charge in [-0.05, 0) is 38.4 Å². The molecule has 1 N–H and O–H groups in total. The van der Waals surface area contributed by atoms with E-state index in [1.807, 2.05) is 7.05 Å². The van der Waals surface area contributed by atoms with E-state index in [-0.39, 0.29) is 0 Å². The minimum atomic E-state index is 0.549. The van der Waals surface area contributed by atoms with E-state index in [0.29, 0.717) is 6.61 Å². The van der Waals surface area contributed by atoms with E-state index in [1.165, 1.54) is 21.7 Å². The second kappa shape index (κ2) is 6.86. The Bertz CT molecular complexity index is 558. The summed E-state index contributed by atoms with van der Waals surface area (Å²) in [6, 6.07) is 6.21. The number of benzene rings is 1. The summed E-state index contributed by atoms with van der Waals surface area (Å²) in [5.41, 5.74) is 3.53. The molecule has 0 bridgehead atoms. The van der Waals surface area contributed by atoms with E-state index >= 15 is 0 Å². The van der Waals surface area contributed by atoms with Crippen LogP contribution in [0.3, 0.4) is 0 Å². The molecule has 20 heavy (non-hydrogen) atoms. The fraction of sp³-hybridized carbons (Fsp3) is 0.438. The zero-order valence-corrected chi connectivity index (χ0v) is 13.4. The largest absolute Gasteiger partial charge is 0.486 e. The van der Waals surface area contributed by atoms with Crippen LogP contribution in [0.25, 0.3) is 0 Å². The normalized spacial score (nSPS) is 10.8. The highest BCUT2D eigenvalue weighted by Crippen LogP contribution is 2.25. The van der Waals surface area contributed by atoms with Crippen LogP contribution in [0.4, 0.5) is 0 Å². The molecule has 0 spiro atoms. The van der Waals surface area contributed by atoms with Gasteiger partial charge in [-0.3, -0.25) is 0 Å². The zero-order valence-electron chi connectivity index (χ0n) is 12.6. The van der Waals surface area contributed by atoms with Gasteiger partial charge in [0, 0.05) is 11.4 Å². The number of nitrogens with one attached hydrogen (secondary N) is 1. The molecule has 1 aromatic carbocycles. The molecular weight excluding hydrogens is 268 g/mol. The maximum atomic E-state index is 5.97. The Kier molecular flexibility index (Phi) is 5.15. The van der Waals surface area contributed by atoms with Gasteiger partial charge < -0.3 is 10.1 Å². The third kappa shape index (κ3) is 3.38. The van der Waals surface area contributed by atoms with E-state index in [0.717, 1.165) is 23.7 Å². The summed E-state index contributed by atoms with van der Waals surface area (Å²) >= 11 is 1.74. The zero-order chi connectivity index (χ0) is 14.5. The number of thiazole rings is 1. The van der Waals surface area contributed by atoms with Gasteiger partial charge in [-0.2, -0.15) is 0 Å². The highest BCUT2D eigenvalue weighted by molar-refractivity contribution is 7.11. The average molecular weight is 290 g/mol. The fourth-order valence-corrected chi connectivity index (χ4v) is 3.32. The Balaban J connectivity index is 2.11. The predicted molar refractivity (Wildman–Crippen MR) is 84.5 cm³/mol. The molecule has 4 heteroatoms. The molecule has 108 valence electrons. The van der Waals surface area contributed by atoms with Gasteiger partial charge in [0.2, 0.25) is 0 Å². The summed E-state index contributed by atoms with van der Waals surface area (Å²) in [6.07, 6.45) is 0.969. The van der Waals surface area contributed by atoms with Gasteiger partial charge in [0.1, 0.15) is 17.4 Å². The molecule has 0 unspecified atom stereocenters. The monoisotopic (exact) mass is 290 g/mol. The molecule has 1 heterocycles. The minimum Gasteiger partial charge on any atom is -0.486 e. The maximum Gasteiger partial charge on any atom is 0.140 e. The van der Waals surface area contributed by atoms with Gasteiger partial charge in [0.05, 0.1) is 5.69 Å². The lowest BCUT2D eigenvalue weighted by Crippen LogP contribution is -2.05. The first kappa shape index (κ1) is 15.0. The highest BCUT2D eigenvalue weighted by Gasteiger charge is 2.10. The van der Waals surface area contributed by atoms with Crippen LogP contribution in [0, 0.1) is 13.8 Å². The first-order chi connectivity index (χ1) is 9.65. The molecule has 0 atom stereocenters.